The van der Waals surface area contributed by atoms with Gasteiger partial charge in [-0.3, -0.25) is 4.90 Å². The predicted octanol–water partition coefficient (Wildman–Crippen LogP) is 0.182. The largest absolute Gasteiger partial charge is 0.383 e. The molecular weight excluding hydrogens is 216 g/mol. The van der Waals surface area contributed by atoms with Gasteiger partial charge < -0.3 is 14.6 Å². The molecule has 2 unspecified atom stereocenters. The Kier molecular flexibility index (Phi) is 3.81. The summed E-state index contributed by atoms with van der Waals surface area (Å²) < 4.78 is 2.01. The maximum absolute atomic E-state index is 10.5. The maximum Gasteiger partial charge on any atom is 0.139 e. The number of aliphatic hydroxyl groups is 1. The van der Waals surface area contributed by atoms with Crippen LogP contribution in [0.1, 0.15) is 18.9 Å². The van der Waals surface area contributed by atoms with E-state index in [0.717, 1.165) is 32.0 Å². The van der Waals surface area contributed by atoms with Crippen LogP contribution in [-0.2, 0) is 6.54 Å². The molecule has 0 aliphatic carbocycles. The molecule has 0 bridgehead atoms. The van der Waals surface area contributed by atoms with Crippen LogP contribution in [0.15, 0.2) is 12.4 Å². The minimum Gasteiger partial charge on any atom is -0.383 e. The van der Waals surface area contributed by atoms with E-state index in [1.807, 2.05) is 10.8 Å². The van der Waals surface area contributed by atoms with Gasteiger partial charge in [0, 0.05) is 38.6 Å². The van der Waals surface area contributed by atoms with Crippen molar-refractivity contribution in [2.24, 2.45) is 0 Å². The zero-order valence-corrected chi connectivity index (χ0v) is 10.9. The lowest BCUT2D eigenvalue weighted by molar-refractivity contribution is 0.00789. The standard InChI is InChI=1S/C12H22N4O/c1-4-16-6-5-13-12(16)11(17)10-9-14(2)7-8-15(10)3/h5-6,10-11,17H,4,7-9H2,1-3H3. The molecule has 0 radical (unpaired) electrons. The zero-order valence-electron chi connectivity index (χ0n) is 10.9. The number of nitrogens with zero attached hydrogens (tertiary/aromatic N) is 4. The van der Waals surface area contributed by atoms with E-state index in [2.05, 4.69) is 35.8 Å². The number of piperazine rings is 1. The molecule has 0 saturated carbocycles. The number of rotatable bonds is 3. The fourth-order valence-corrected chi connectivity index (χ4v) is 2.41. The van der Waals surface area contributed by atoms with E-state index in [9.17, 15) is 5.11 Å². The molecule has 1 aromatic rings. The van der Waals surface area contributed by atoms with Crippen LogP contribution in [0.4, 0.5) is 0 Å². The summed E-state index contributed by atoms with van der Waals surface area (Å²) in [6.07, 6.45) is 3.16. The number of aromatic nitrogens is 2. The van der Waals surface area contributed by atoms with Crippen LogP contribution >= 0.6 is 0 Å². The lowest BCUT2D eigenvalue weighted by atomic mass is 10.1. The van der Waals surface area contributed by atoms with Crippen molar-refractivity contribution in [1.29, 1.82) is 0 Å². The summed E-state index contributed by atoms with van der Waals surface area (Å²) in [6, 6.07) is 0.126. The highest BCUT2D eigenvalue weighted by molar-refractivity contribution is 5.02. The molecule has 1 aromatic heterocycles. The first kappa shape index (κ1) is 12.5. The Morgan fingerprint density at radius 1 is 1.47 bits per heavy atom. The van der Waals surface area contributed by atoms with Gasteiger partial charge in [-0.15, -0.1) is 0 Å². The molecule has 17 heavy (non-hydrogen) atoms. The van der Waals surface area contributed by atoms with Crippen molar-refractivity contribution >= 4 is 0 Å². The van der Waals surface area contributed by atoms with Crippen molar-refractivity contribution in [3.05, 3.63) is 18.2 Å². The Morgan fingerprint density at radius 2 is 2.24 bits per heavy atom. The van der Waals surface area contributed by atoms with Gasteiger partial charge in [-0.25, -0.2) is 4.98 Å². The molecule has 2 atom stereocenters. The van der Waals surface area contributed by atoms with Crippen LogP contribution in [0.25, 0.3) is 0 Å². The molecule has 1 fully saturated rings. The van der Waals surface area contributed by atoms with Crippen LogP contribution in [0.3, 0.4) is 0 Å². The lowest BCUT2D eigenvalue weighted by Gasteiger charge is -2.39. The summed E-state index contributed by atoms with van der Waals surface area (Å²) in [7, 11) is 4.17. The number of aryl methyl sites for hydroxylation is 1. The second kappa shape index (κ2) is 5.16. The summed E-state index contributed by atoms with van der Waals surface area (Å²) in [5.41, 5.74) is 0. The topological polar surface area (TPSA) is 44.5 Å². The predicted molar refractivity (Wildman–Crippen MR) is 66.8 cm³/mol. The fraction of sp³-hybridized carbons (Fsp3) is 0.750. The molecule has 5 heteroatoms. The average molecular weight is 238 g/mol. The highest BCUT2D eigenvalue weighted by atomic mass is 16.3. The number of imidazole rings is 1. The number of hydrogen-bond acceptors (Lipinski definition) is 4. The van der Waals surface area contributed by atoms with Crippen LogP contribution in [0.2, 0.25) is 0 Å². The average Bonchev–Trinajstić information content (AvgIpc) is 2.79. The quantitative estimate of drug-likeness (QED) is 0.816. The van der Waals surface area contributed by atoms with Gasteiger partial charge in [0.15, 0.2) is 0 Å². The molecule has 1 aliphatic rings. The summed E-state index contributed by atoms with van der Waals surface area (Å²) in [5, 5.41) is 10.5. The normalized spacial score (nSPS) is 25.1. The van der Waals surface area contributed by atoms with Gasteiger partial charge in [-0.2, -0.15) is 0 Å². The second-order valence-electron chi connectivity index (χ2n) is 4.83. The highest BCUT2D eigenvalue weighted by Gasteiger charge is 2.31. The van der Waals surface area contributed by atoms with Gasteiger partial charge in [0.05, 0.1) is 6.04 Å². The zero-order chi connectivity index (χ0) is 12.4. The Labute approximate surface area is 103 Å². The lowest BCUT2D eigenvalue weighted by Crippen LogP contribution is -2.52. The van der Waals surface area contributed by atoms with Gasteiger partial charge in [0.25, 0.3) is 0 Å². The third-order valence-electron chi connectivity index (χ3n) is 3.62. The monoisotopic (exact) mass is 238 g/mol. The molecule has 0 spiro atoms. The van der Waals surface area contributed by atoms with E-state index in [0.29, 0.717) is 0 Å². The number of aliphatic hydroxyl groups excluding tert-OH is 1. The minimum absolute atomic E-state index is 0.126. The van der Waals surface area contributed by atoms with Gasteiger partial charge in [-0.05, 0) is 21.0 Å². The molecule has 0 aromatic carbocycles. The van der Waals surface area contributed by atoms with Crippen molar-refractivity contribution in [3.8, 4) is 0 Å². The SMILES string of the molecule is CCn1ccnc1C(O)C1CN(C)CCN1C. The third kappa shape index (κ3) is 2.51. The molecule has 5 nitrogen and oxygen atoms in total. The van der Waals surface area contributed by atoms with Crippen LogP contribution in [-0.4, -0.2) is 64.2 Å². The van der Waals surface area contributed by atoms with Crippen molar-refractivity contribution in [1.82, 2.24) is 19.4 Å². The molecule has 1 aliphatic heterocycles. The van der Waals surface area contributed by atoms with E-state index in [1.54, 1.807) is 6.20 Å². The van der Waals surface area contributed by atoms with Crippen molar-refractivity contribution < 1.29 is 5.11 Å². The minimum atomic E-state index is -0.516. The summed E-state index contributed by atoms with van der Waals surface area (Å²) >= 11 is 0. The first-order chi connectivity index (χ1) is 8.13. The van der Waals surface area contributed by atoms with Crippen molar-refractivity contribution in [2.75, 3.05) is 33.7 Å². The van der Waals surface area contributed by atoms with E-state index >= 15 is 0 Å². The molecule has 2 rings (SSSR count). The van der Waals surface area contributed by atoms with Gasteiger partial charge >= 0.3 is 0 Å². The fourth-order valence-electron chi connectivity index (χ4n) is 2.41. The Bertz CT molecular complexity index is 365. The van der Waals surface area contributed by atoms with E-state index < -0.39 is 6.10 Å². The van der Waals surface area contributed by atoms with Crippen LogP contribution in [0, 0.1) is 0 Å². The van der Waals surface area contributed by atoms with Gasteiger partial charge in [-0.1, -0.05) is 0 Å². The van der Waals surface area contributed by atoms with Crippen molar-refractivity contribution in [3.63, 3.8) is 0 Å². The molecule has 2 heterocycles. The van der Waals surface area contributed by atoms with Gasteiger partial charge in [0.2, 0.25) is 0 Å². The Balaban J connectivity index is 2.15. The smallest absolute Gasteiger partial charge is 0.139 e. The number of hydrogen-bond donors (Lipinski definition) is 1. The second-order valence-corrected chi connectivity index (χ2v) is 4.83. The molecule has 1 N–H and O–H groups in total. The number of likely N-dealkylation sites (N-methyl/N-ethyl adjacent to an activating group) is 2. The molecular formula is C12H22N4O. The first-order valence-corrected chi connectivity index (χ1v) is 6.21. The van der Waals surface area contributed by atoms with Crippen LogP contribution < -0.4 is 0 Å². The van der Waals surface area contributed by atoms with Crippen molar-refractivity contribution in [2.45, 2.75) is 25.6 Å². The molecule has 96 valence electrons. The Hall–Kier alpha value is -0.910. The highest BCUT2D eigenvalue weighted by Crippen LogP contribution is 2.21. The molecule has 1 saturated heterocycles. The maximum atomic E-state index is 10.5. The van der Waals surface area contributed by atoms with E-state index in [4.69, 9.17) is 0 Å². The summed E-state index contributed by atoms with van der Waals surface area (Å²) in [4.78, 5) is 8.77. The van der Waals surface area contributed by atoms with Gasteiger partial charge in [0.1, 0.15) is 11.9 Å². The molecule has 0 amide bonds. The third-order valence-corrected chi connectivity index (χ3v) is 3.62. The summed E-state index contributed by atoms with van der Waals surface area (Å²) in [5.74, 6) is 0.777. The first-order valence-electron chi connectivity index (χ1n) is 6.21. The van der Waals surface area contributed by atoms with Crippen LogP contribution in [0.5, 0.6) is 0 Å². The van der Waals surface area contributed by atoms with E-state index in [1.165, 1.54) is 0 Å². The summed E-state index contributed by atoms with van der Waals surface area (Å²) in [6.45, 7) is 5.84. The van der Waals surface area contributed by atoms with E-state index in [-0.39, 0.29) is 6.04 Å². The Morgan fingerprint density at radius 3 is 2.94 bits per heavy atom.